The molecule has 0 unspecified atom stereocenters. The van der Waals surface area contributed by atoms with Crippen molar-refractivity contribution >= 4 is 22.9 Å². The molecule has 1 aromatic heterocycles. The third kappa shape index (κ3) is 4.86. The van der Waals surface area contributed by atoms with Crippen molar-refractivity contribution < 1.29 is 9.18 Å². The second kappa shape index (κ2) is 7.68. The second-order valence-electron chi connectivity index (χ2n) is 5.69. The van der Waals surface area contributed by atoms with Crippen LogP contribution in [0.5, 0.6) is 0 Å². The van der Waals surface area contributed by atoms with Gasteiger partial charge in [0.05, 0.1) is 6.54 Å². The number of piperazine rings is 1. The van der Waals surface area contributed by atoms with E-state index in [1.165, 1.54) is 17.0 Å². The topological polar surface area (TPSA) is 35.6 Å². The Morgan fingerprint density at radius 2 is 1.78 bits per heavy atom. The predicted octanol–water partition coefficient (Wildman–Crippen LogP) is 2.64. The number of halogens is 1. The highest BCUT2D eigenvalue weighted by molar-refractivity contribution is 7.09. The maximum Gasteiger partial charge on any atom is 0.238 e. The van der Waals surface area contributed by atoms with Crippen LogP contribution in [-0.2, 0) is 11.3 Å². The third-order valence-electron chi connectivity index (χ3n) is 3.92. The maximum absolute atomic E-state index is 12.8. The molecule has 0 aliphatic carbocycles. The van der Waals surface area contributed by atoms with Gasteiger partial charge in [0.25, 0.3) is 0 Å². The summed E-state index contributed by atoms with van der Waals surface area (Å²) in [6.07, 6.45) is 0. The Kier molecular flexibility index (Phi) is 5.38. The molecular formula is C17H20FN3OS. The molecule has 122 valence electrons. The Morgan fingerprint density at radius 3 is 2.43 bits per heavy atom. The van der Waals surface area contributed by atoms with Crippen LogP contribution < -0.4 is 5.32 Å². The van der Waals surface area contributed by atoms with E-state index in [2.05, 4.69) is 32.6 Å². The smallest absolute Gasteiger partial charge is 0.238 e. The molecule has 1 N–H and O–H groups in total. The van der Waals surface area contributed by atoms with Crippen molar-refractivity contribution in [1.29, 1.82) is 0 Å². The molecule has 1 saturated heterocycles. The molecule has 2 aromatic rings. The van der Waals surface area contributed by atoms with E-state index in [1.807, 2.05) is 0 Å². The van der Waals surface area contributed by atoms with E-state index in [4.69, 9.17) is 0 Å². The van der Waals surface area contributed by atoms with E-state index in [0.717, 1.165) is 32.7 Å². The summed E-state index contributed by atoms with van der Waals surface area (Å²) in [6.45, 7) is 5.10. The zero-order valence-electron chi connectivity index (χ0n) is 12.9. The highest BCUT2D eigenvalue weighted by atomic mass is 32.1. The number of hydrogen-bond acceptors (Lipinski definition) is 4. The number of nitrogens with zero attached hydrogens (tertiary/aromatic N) is 2. The number of anilines is 1. The van der Waals surface area contributed by atoms with Crippen LogP contribution in [-0.4, -0.2) is 48.4 Å². The van der Waals surface area contributed by atoms with Crippen LogP contribution in [0.3, 0.4) is 0 Å². The van der Waals surface area contributed by atoms with Gasteiger partial charge in [-0.2, -0.15) is 0 Å². The van der Waals surface area contributed by atoms with E-state index in [-0.39, 0.29) is 11.7 Å². The molecule has 2 heterocycles. The first-order chi connectivity index (χ1) is 11.2. The summed E-state index contributed by atoms with van der Waals surface area (Å²) >= 11 is 1.78. The highest BCUT2D eigenvalue weighted by Crippen LogP contribution is 2.14. The van der Waals surface area contributed by atoms with Crippen molar-refractivity contribution in [1.82, 2.24) is 9.80 Å². The number of rotatable bonds is 5. The van der Waals surface area contributed by atoms with Crippen molar-refractivity contribution in [3.05, 3.63) is 52.5 Å². The van der Waals surface area contributed by atoms with E-state index >= 15 is 0 Å². The standard InChI is InChI=1S/C17H20FN3OS/c18-14-3-5-15(6-4-14)19-17(22)13-21-9-7-20(8-10-21)12-16-2-1-11-23-16/h1-6,11H,7-10,12-13H2,(H,19,22). The molecule has 0 radical (unpaired) electrons. The van der Waals surface area contributed by atoms with Crippen LogP contribution in [0.15, 0.2) is 41.8 Å². The van der Waals surface area contributed by atoms with Crippen LogP contribution in [0, 0.1) is 5.82 Å². The Balaban J connectivity index is 1.41. The van der Waals surface area contributed by atoms with Gasteiger partial charge in [-0.15, -0.1) is 11.3 Å². The van der Waals surface area contributed by atoms with Gasteiger partial charge in [-0.1, -0.05) is 6.07 Å². The van der Waals surface area contributed by atoms with Gasteiger partial charge >= 0.3 is 0 Å². The highest BCUT2D eigenvalue weighted by Gasteiger charge is 2.19. The van der Waals surface area contributed by atoms with Gasteiger partial charge in [-0.25, -0.2) is 4.39 Å². The van der Waals surface area contributed by atoms with Crippen molar-refractivity contribution in [2.45, 2.75) is 6.54 Å². The van der Waals surface area contributed by atoms with Crippen molar-refractivity contribution in [3.8, 4) is 0 Å². The molecule has 0 spiro atoms. The molecule has 4 nitrogen and oxygen atoms in total. The minimum atomic E-state index is -0.301. The average molecular weight is 333 g/mol. The fraction of sp³-hybridized carbons (Fsp3) is 0.353. The Labute approximate surface area is 139 Å². The summed E-state index contributed by atoms with van der Waals surface area (Å²) in [6, 6.07) is 10.1. The molecule has 23 heavy (non-hydrogen) atoms. The quantitative estimate of drug-likeness (QED) is 0.914. The number of carbonyl (C=O) groups excluding carboxylic acids is 1. The van der Waals surface area contributed by atoms with Gasteiger partial charge in [-0.05, 0) is 35.7 Å². The first kappa shape index (κ1) is 16.1. The number of benzene rings is 1. The SMILES string of the molecule is O=C(CN1CCN(Cc2cccs2)CC1)Nc1ccc(F)cc1. The maximum atomic E-state index is 12.8. The Bertz CT molecular complexity index is 622. The Hall–Kier alpha value is -1.76. The lowest BCUT2D eigenvalue weighted by atomic mass is 10.3. The number of nitrogens with one attached hydrogen (secondary N) is 1. The predicted molar refractivity (Wildman–Crippen MR) is 91.1 cm³/mol. The summed E-state index contributed by atoms with van der Waals surface area (Å²) in [7, 11) is 0. The van der Waals surface area contributed by atoms with E-state index in [0.29, 0.717) is 12.2 Å². The first-order valence-electron chi connectivity index (χ1n) is 7.71. The molecule has 0 bridgehead atoms. The lowest BCUT2D eigenvalue weighted by molar-refractivity contribution is -0.117. The molecule has 6 heteroatoms. The van der Waals surface area contributed by atoms with Gasteiger partial charge in [0.1, 0.15) is 5.82 Å². The number of carbonyl (C=O) groups is 1. The zero-order valence-corrected chi connectivity index (χ0v) is 13.7. The first-order valence-corrected chi connectivity index (χ1v) is 8.59. The van der Waals surface area contributed by atoms with E-state index < -0.39 is 0 Å². The summed E-state index contributed by atoms with van der Waals surface area (Å²) in [5, 5.41) is 4.91. The summed E-state index contributed by atoms with van der Waals surface area (Å²) < 4.78 is 12.8. The fourth-order valence-electron chi connectivity index (χ4n) is 2.67. The van der Waals surface area contributed by atoms with Gasteiger partial charge < -0.3 is 5.32 Å². The van der Waals surface area contributed by atoms with Crippen LogP contribution in [0.4, 0.5) is 10.1 Å². The summed E-state index contributed by atoms with van der Waals surface area (Å²) in [5.41, 5.74) is 0.632. The van der Waals surface area contributed by atoms with Gasteiger partial charge in [0, 0.05) is 43.3 Å². The van der Waals surface area contributed by atoms with Gasteiger partial charge in [-0.3, -0.25) is 14.6 Å². The minimum absolute atomic E-state index is 0.0525. The van der Waals surface area contributed by atoms with Gasteiger partial charge in [0.15, 0.2) is 0 Å². The number of amides is 1. The average Bonchev–Trinajstić information content (AvgIpc) is 3.04. The molecular weight excluding hydrogens is 313 g/mol. The van der Waals surface area contributed by atoms with Crippen LogP contribution in [0.25, 0.3) is 0 Å². The molecule has 1 amide bonds. The largest absolute Gasteiger partial charge is 0.325 e. The normalized spacial score (nSPS) is 16.4. The van der Waals surface area contributed by atoms with Gasteiger partial charge in [0.2, 0.25) is 5.91 Å². The van der Waals surface area contributed by atoms with Crippen molar-refractivity contribution in [2.75, 3.05) is 38.0 Å². The molecule has 1 fully saturated rings. The number of thiophene rings is 1. The van der Waals surface area contributed by atoms with Crippen LogP contribution in [0.2, 0.25) is 0 Å². The Morgan fingerprint density at radius 1 is 1.09 bits per heavy atom. The monoisotopic (exact) mass is 333 g/mol. The van der Waals surface area contributed by atoms with Crippen molar-refractivity contribution in [3.63, 3.8) is 0 Å². The second-order valence-corrected chi connectivity index (χ2v) is 6.72. The lowest BCUT2D eigenvalue weighted by Crippen LogP contribution is -2.48. The van der Waals surface area contributed by atoms with Crippen LogP contribution in [0.1, 0.15) is 4.88 Å². The number of hydrogen-bond donors (Lipinski definition) is 1. The van der Waals surface area contributed by atoms with Crippen LogP contribution >= 0.6 is 11.3 Å². The fourth-order valence-corrected chi connectivity index (χ4v) is 3.41. The van der Waals surface area contributed by atoms with E-state index in [9.17, 15) is 9.18 Å². The van der Waals surface area contributed by atoms with E-state index in [1.54, 1.807) is 23.5 Å². The summed E-state index contributed by atoms with van der Waals surface area (Å²) in [4.78, 5) is 18.0. The molecule has 0 saturated carbocycles. The molecule has 0 atom stereocenters. The molecule has 1 aromatic carbocycles. The molecule has 3 rings (SSSR count). The third-order valence-corrected chi connectivity index (χ3v) is 4.78. The molecule has 1 aliphatic heterocycles. The zero-order chi connectivity index (χ0) is 16.1. The minimum Gasteiger partial charge on any atom is -0.325 e. The summed E-state index contributed by atoms with van der Waals surface area (Å²) in [5.74, 6) is -0.354. The molecule has 1 aliphatic rings. The lowest BCUT2D eigenvalue weighted by Gasteiger charge is -2.34. The van der Waals surface area contributed by atoms with Crippen molar-refractivity contribution in [2.24, 2.45) is 0 Å².